The zero-order valence-electron chi connectivity index (χ0n) is 9.08. The Bertz CT molecular complexity index is 605. The Morgan fingerprint density at radius 3 is 2.42 bits per heavy atom. The summed E-state index contributed by atoms with van der Waals surface area (Å²) in [5.74, 6) is -0.126. The van der Waals surface area contributed by atoms with E-state index in [1.54, 1.807) is 0 Å². The molecule has 2 aromatic rings. The van der Waals surface area contributed by atoms with Crippen molar-refractivity contribution >= 4 is 23.2 Å². The number of halogens is 5. The lowest BCUT2D eigenvalue weighted by atomic mass is 10.2. The van der Waals surface area contributed by atoms with Gasteiger partial charge < -0.3 is 4.74 Å². The van der Waals surface area contributed by atoms with E-state index in [1.807, 2.05) is 0 Å². The first kappa shape index (κ1) is 13.9. The van der Waals surface area contributed by atoms with Crippen LogP contribution in [0.3, 0.4) is 0 Å². The average molecular weight is 309 g/mol. The molecule has 0 aliphatic heterocycles. The molecule has 2 rings (SSSR count). The van der Waals surface area contributed by atoms with E-state index in [2.05, 4.69) is 9.97 Å². The second-order valence-corrected chi connectivity index (χ2v) is 4.28. The zero-order chi connectivity index (χ0) is 14.0. The molecule has 2 aromatic heterocycles. The first-order chi connectivity index (χ1) is 8.84. The molecular weight excluding hydrogens is 304 g/mol. The molecule has 0 aliphatic carbocycles. The van der Waals surface area contributed by atoms with Gasteiger partial charge in [0.15, 0.2) is 0 Å². The quantitative estimate of drug-likeness (QED) is 0.761. The maximum Gasteiger partial charge on any atom is 0.416 e. The lowest BCUT2D eigenvalue weighted by Crippen LogP contribution is -2.05. The van der Waals surface area contributed by atoms with Crippen LogP contribution in [-0.4, -0.2) is 9.97 Å². The first-order valence-electron chi connectivity index (χ1n) is 4.88. The van der Waals surface area contributed by atoms with Gasteiger partial charge in [0.25, 0.3) is 0 Å². The van der Waals surface area contributed by atoms with Crippen molar-refractivity contribution < 1.29 is 17.9 Å². The van der Waals surface area contributed by atoms with Gasteiger partial charge >= 0.3 is 6.18 Å². The van der Waals surface area contributed by atoms with E-state index in [4.69, 9.17) is 27.9 Å². The topological polar surface area (TPSA) is 35.0 Å². The fourth-order valence-electron chi connectivity index (χ4n) is 1.26. The SMILES string of the molecule is FC(F)(F)c1cc(Cl)nc(Oc2cncc(Cl)c2)c1. The van der Waals surface area contributed by atoms with Crippen molar-refractivity contribution in [1.29, 1.82) is 0 Å². The Hall–Kier alpha value is -1.53. The third-order valence-corrected chi connectivity index (χ3v) is 2.40. The van der Waals surface area contributed by atoms with Crippen LogP contribution in [-0.2, 0) is 6.18 Å². The van der Waals surface area contributed by atoms with Crippen LogP contribution in [0, 0.1) is 0 Å². The predicted molar refractivity (Wildman–Crippen MR) is 63.6 cm³/mol. The molecule has 0 aliphatic rings. The van der Waals surface area contributed by atoms with Crippen LogP contribution < -0.4 is 4.74 Å². The van der Waals surface area contributed by atoms with Crippen molar-refractivity contribution in [3.05, 3.63) is 46.3 Å². The fraction of sp³-hybridized carbons (Fsp3) is 0.0909. The highest BCUT2D eigenvalue weighted by Crippen LogP contribution is 2.33. The highest BCUT2D eigenvalue weighted by atomic mass is 35.5. The molecule has 0 bridgehead atoms. The Morgan fingerprint density at radius 1 is 1.05 bits per heavy atom. The Morgan fingerprint density at radius 2 is 1.79 bits per heavy atom. The number of ether oxygens (including phenoxy) is 1. The lowest BCUT2D eigenvalue weighted by molar-refractivity contribution is -0.137. The molecule has 100 valence electrons. The average Bonchev–Trinajstić information content (AvgIpc) is 2.26. The molecule has 8 heteroatoms. The number of aromatic nitrogens is 2. The summed E-state index contributed by atoms with van der Waals surface area (Å²) >= 11 is 11.2. The molecule has 0 atom stereocenters. The molecule has 0 spiro atoms. The van der Waals surface area contributed by atoms with Crippen molar-refractivity contribution in [2.45, 2.75) is 6.18 Å². The third-order valence-electron chi connectivity index (χ3n) is 2.00. The standard InChI is InChI=1S/C11H5Cl2F3N2O/c12-7-3-8(5-17-4-7)19-10-2-6(11(14,15)16)1-9(13)18-10/h1-5H. The number of nitrogens with zero attached hydrogens (tertiary/aromatic N) is 2. The number of alkyl halides is 3. The molecular formula is C11H5Cl2F3N2O. The van der Waals surface area contributed by atoms with E-state index in [0.717, 1.165) is 6.07 Å². The van der Waals surface area contributed by atoms with Gasteiger partial charge in [0.2, 0.25) is 5.88 Å². The molecule has 0 saturated heterocycles. The summed E-state index contributed by atoms with van der Waals surface area (Å²) in [6.07, 6.45) is -1.88. The summed E-state index contributed by atoms with van der Waals surface area (Å²) in [6.45, 7) is 0. The molecule has 0 unspecified atom stereocenters. The summed E-state index contributed by atoms with van der Waals surface area (Å²) in [5, 5.41) is -0.0321. The second-order valence-electron chi connectivity index (χ2n) is 3.46. The van der Waals surface area contributed by atoms with Crippen molar-refractivity contribution in [3.63, 3.8) is 0 Å². The van der Waals surface area contributed by atoms with Gasteiger partial charge in [-0.25, -0.2) is 4.98 Å². The summed E-state index contributed by atoms with van der Waals surface area (Å²) in [7, 11) is 0. The highest BCUT2D eigenvalue weighted by Gasteiger charge is 2.31. The van der Waals surface area contributed by atoms with Gasteiger partial charge in [-0.15, -0.1) is 0 Å². The summed E-state index contributed by atoms with van der Waals surface area (Å²) in [4.78, 5) is 7.38. The normalized spacial score (nSPS) is 11.4. The summed E-state index contributed by atoms with van der Waals surface area (Å²) < 4.78 is 42.9. The summed E-state index contributed by atoms with van der Waals surface area (Å²) in [6, 6.07) is 2.85. The van der Waals surface area contributed by atoms with Crippen LogP contribution in [0.2, 0.25) is 10.2 Å². The van der Waals surface area contributed by atoms with E-state index in [0.29, 0.717) is 6.07 Å². The van der Waals surface area contributed by atoms with Crippen LogP contribution in [0.25, 0.3) is 0 Å². The first-order valence-corrected chi connectivity index (χ1v) is 5.63. The molecule has 0 amide bonds. The minimum absolute atomic E-state index is 0.162. The van der Waals surface area contributed by atoms with E-state index in [1.165, 1.54) is 18.5 Å². The third kappa shape index (κ3) is 3.71. The Kier molecular flexibility index (Phi) is 3.82. The number of pyridine rings is 2. The Balaban J connectivity index is 2.33. The zero-order valence-corrected chi connectivity index (χ0v) is 10.6. The molecule has 19 heavy (non-hydrogen) atoms. The van der Waals surface area contributed by atoms with Gasteiger partial charge in [0, 0.05) is 18.3 Å². The minimum Gasteiger partial charge on any atom is -0.437 e. The van der Waals surface area contributed by atoms with Gasteiger partial charge in [-0.1, -0.05) is 23.2 Å². The van der Waals surface area contributed by atoms with E-state index >= 15 is 0 Å². The van der Waals surface area contributed by atoms with Gasteiger partial charge in [-0.2, -0.15) is 13.2 Å². The fourth-order valence-corrected chi connectivity index (χ4v) is 1.62. The lowest BCUT2D eigenvalue weighted by Gasteiger charge is -2.10. The number of hydrogen-bond donors (Lipinski definition) is 0. The largest absolute Gasteiger partial charge is 0.437 e. The van der Waals surface area contributed by atoms with E-state index in [9.17, 15) is 13.2 Å². The molecule has 0 radical (unpaired) electrons. The molecule has 0 saturated carbocycles. The minimum atomic E-state index is -4.53. The predicted octanol–water partition coefficient (Wildman–Crippen LogP) is 4.59. The summed E-state index contributed by atoms with van der Waals surface area (Å²) in [5.41, 5.74) is -0.947. The molecule has 0 fully saturated rings. The smallest absolute Gasteiger partial charge is 0.416 e. The maximum atomic E-state index is 12.6. The van der Waals surface area contributed by atoms with Crippen LogP contribution in [0.15, 0.2) is 30.6 Å². The van der Waals surface area contributed by atoms with Crippen molar-refractivity contribution in [3.8, 4) is 11.6 Å². The molecule has 3 nitrogen and oxygen atoms in total. The number of rotatable bonds is 2. The van der Waals surface area contributed by atoms with Crippen LogP contribution in [0.4, 0.5) is 13.2 Å². The highest BCUT2D eigenvalue weighted by molar-refractivity contribution is 6.30. The molecule has 2 heterocycles. The van der Waals surface area contributed by atoms with Crippen LogP contribution in [0.5, 0.6) is 11.6 Å². The van der Waals surface area contributed by atoms with E-state index < -0.39 is 11.7 Å². The van der Waals surface area contributed by atoms with Crippen LogP contribution in [0.1, 0.15) is 5.56 Å². The number of hydrogen-bond acceptors (Lipinski definition) is 3. The van der Waals surface area contributed by atoms with Gasteiger partial charge in [0.1, 0.15) is 10.9 Å². The monoisotopic (exact) mass is 308 g/mol. The van der Waals surface area contributed by atoms with E-state index in [-0.39, 0.29) is 21.8 Å². The Labute approximate surface area is 116 Å². The maximum absolute atomic E-state index is 12.6. The van der Waals surface area contributed by atoms with Gasteiger partial charge in [-0.05, 0) is 6.07 Å². The second kappa shape index (κ2) is 5.22. The van der Waals surface area contributed by atoms with Gasteiger partial charge in [-0.3, -0.25) is 4.98 Å². The van der Waals surface area contributed by atoms with Crippen molar-refractivity contribution in [2.24, 2.45) is 0 Å². The molecule has 0 N–H and O–H groups in total. The van der Waals surface area contributed by atoms with Crippen molar-refractivity contribution in [2.75, 3.05) is 0 Å². The molecule has 0 aromatic carbocycles. The van der Waals surface area contributed by atoms with Crippen LogP contribution >= 0.6 is 23.2 Å². The van der Waals surface area contributed by atoms with Crippen molar-refractivity contribution in [1.82, 2.24) is 9.97 Å². The van der Waals surface area contributed by atoms with Gasteiger partial charge in [0.05, 0.1) is 16.8 Å².